The first-order valence-corrected chi connectivity index (χ1v) is 8.24. The van der Waals surface area contributed by atoms with Gasteiger partial charge in [-0.3, -0.25) is 9.59 Å². The highest BCUT2D eigenvalue weighted by molar-refractivity contribution is 6.32. The molecule has 1 atom stereocenters. The average molecular weight is 419 g/mol. The molecule has 5 nitrogen and oxygen atoms in total. The maximum atomic E-state index is 13.0. The van der Waals surface area contributed by atoms with Gasteiger partial charge in [-0.2, -0.15) is 13.2 Å². The summed E-state index contributed by atoms with van der Waals surface area (Å²) < 4.78 is 44.4. The maximum absolute atomic E-state index is 13.0. The van der Waals surface area contributed by atoms with E-state index in [1.54, 1.807) is 0 Å². The molecule has 1 aliphatic rings. The topological polar surface area (TPSA) is 67.4 Å². The van der Waals surface area contributed by atoms with E-state index in [0.29, 0.717) is 11.1 Å². The standard InChI is InChI=1S/C17H11Cl2F3N2O3/c1-16(15(26)24-12-6-8(18)2-5-13(12)27-16)14(25)23-9-3-4-11(19)10(7-9)17(20,21)22/h2-7H,1H3,(H,23,25)(H,24,26). The van der Waals surface area contributed by atoms with Crippen molar-refractivity contribution in [3.05, 3.63) is 52.0 Å². The van der Waals surface area contributed by atoms with E-state index in [2.05, 4.69) is 10.6 Å². The second kappa shape index (κ2) is 6.61. The van der Waals surface area contributed by atoms with Gasteiger partial charge in [0.05, 0.1) is 16.3 Å². The van der Waals surface area contributed by atoms with E-state index in [1.807, 2.05) is 0 Å². The number of hydrogen-bond acceptors (Lipinski definition) is 3. The Hall–Kier alpha value is -2.45. The van der Waals surface area contributed by atoms with Crippen molar-refractivity contribution in [3.63, 3.8) is 0 Å². The summed E-state index contributed by atoms with van der Waals surface area (Å²) in [6, 6.07) is 7.28. The van der Waals surface area contributed by atoms with Crippen LogP contribution in [0.1, 0.15) is 12.5 Å². The molecule has 142 valence electrons. The molecule has 0 saturated carbocycles. The lowest BCUT2D eigenvalue weighted by molar-refractivity contribution is -0.143. The monoisotopic (exact) mass is 418 g/mol. The minimum atomic E-state index is -4.70. The SMILES string of the molecule is CC1(C(=O)Nc2ccc(Cl)c(C(F)(F)F)c2)Oc2ccc(Cl)cc2NC1=O. The van der Waals surface area contributed by atoms with Crippen LogP contribution >= 0.6 is 23.2 Å². The van der Waals surface area contributed by atoms with Crippen LogP contribution < -0.4 is 15.4 Å². The van der Waals surface area contributed by atoms with E-state index in [4.69, 9.17) is 27.9 Å². The molecule has 3 rings (SSSR count). The molecule has 10 heteroatoms. The number of hydrogen-bond donors (Lipinski definition) is 2. The fourth-order valence-electron chi connectivity index (χ4n) is 2.42. The van der Waals surface area contributed by atoms with Crippen LogP contribution in [0.15, 0.2) is 36.4 Å². The minimum absolute atomic E-state index is 0.184. The molecule has 0 radical (unpaired) electrons. The Labute approximate surface area is 161 Å². The average Bonchev–Trinajstić information content (AvgIpc) is 2.57. The van der Waals surface area contributed by atoms with Gasteiger partial charge in [-0.15, -0.1) is 0 Å². The number of fused-ring (bicyclic) bond motifs is 1. The number of nitrogens with one attached hydrogen (secondary N) is 2. The number of carbonyl (C=O) groups excluding carboxylic acids is 2. The predicted molar refractivity (Wildman–Crippen MR) is 94.2 cm³/mol. The fraction of sp³-hybridized carbons (Fsp3) is 0.176. The normalized spacial score (nSPS) is 19.0. The molecule has 0 spiro atoms. The Kier molecular flexibility index (Phi) is 4.73. The maximum Gasteiger partial charge on any atom is 0.417 e. The van der Waals surface area contributed by atoms with Gasteiger partial charge in [-0.25, -0.2) is 0 Å². The second-order valence-electron chi connectivity index (χ2n) is 5.88. The third-order valence-electron chi connectivity index (χ3n) is 3.90. The molecule has 2 amide bonds. The fourth-order valence-corrected chi connectivity index (χ4v) is 2.81. The van der Waals surface area contributed by atoms with Gasteiger partial charge in [0.2, 0.25) is 0 Å². The van der Waals surface area contributed by atoms with E-state index in [0.717, 1.165) is 6.07 Å². The highest BCUT2D eigenvalue weighted by Gasteiger charge is 2.47. The summed E-state index contributed by atoms with van der Waals surface area (Å²) in [6.07, 6.45) is -4.70. The Bertz CT molecular complexity index is 950. The number of amides is 2. The number of rotatable bonds is 2. The van der Waals surface area contributed by atoms with Crippen LogP contribution in [0.25, 0.3) is 0 Å². The molecular weight excluding hydrogens is 408 g/mol. The highest BCUT2D eigenvalue weighted by atomic mass is 35.5. The largest absolute Gasteiger partial charge is 0.466 e. The van der Waals surface area contributed by atoms with Crippen LogP contribution in [0.5, 0.6) is 5.75 Å². The van der Waals surface area contributed by atoms with E-state index < -0.39 is 34.2 Å². The van der Waals surface area contributed by atoms with Gasteiger partial charge in [0.25, 0.3) is 17.4 Å². The Morgan fingerprint density at radius 3 is 2.56 bits per heavy atom. The minimum Gasteiger partial charge on any atom is -0.466 e. The first-order valence-electron chi connectivity index (χ1n) is 7.49. The molecule has 1 aliphatic heterocycles. The van der Waals surface area contributed by atoms with Crippen molar-refractivity contribution in [1.29, 1.82) is 0 Å². The summed E-state index contributed by atoms with van der Waals surface area (Å²) in [7, 11) is 0. The molecule has 2 aromatic carbocycles. The Balaban J connectivity index is 1.88. The van der Waals surface area contributed by atoms with Gasteiger partial charge in [-0.1, -0.05) is 23.2 Å². The van der Waals surface area contributed by atoms with Crippen molar-refractivity contribution < 1.29 is 27.5 Å². The lowest BCUT2D eigenvalue weighted by atomic mass is 10.0. The van der Waals surface area contributed by atoms with Crippen molar-refractivity contribution in [3.8, 4) is 5.75 Å². The van der Waals surface area contributed by atoms with E-state index in [9.17, 15) is 22.8 Å². The highest BCUT2D eigenvalue weighted by Crippen LogP contribution is 2.38. The smallest absolute Gasteiger partial charge is 0.417 e. The lowest BCUT2D eigenvalue weighted by Crippen LogP contribution is -2.56. The third kappa shape index (κ3) is 3.68. The van der Waals surface area contributed by atoms with Crippen molar-refractivity contribution in [2.45, 2.75) is 18.7 Å². The Morgan fingerprint density at radius 2 is 1.89 bits per heavy atom. The van der Waals surface area contributed by atoms with Crippen LogP contribution in [0.2, 0.25) is 10.0 Å². The van der Waals surface area contributed by atoms with Gasteiger partial charge in [0, 0.05) is 10.7 Å². The van der Waals surface area contributed by atoms with Gasteiger partial charge < -0.3 is 15.4 Å². The zero-order valence-corrected chi connectivity index (χ0v) is 15.1. The Morgan fingerprint density at radius 1 is 1.19 bits per heavy atom. The summed E-state index contributed by atoms with van der Waals surface area (Å²) in [5.74, 6) is -1.54. The van der Waals surface area contributed by atoms with E-state index in [-0.39, 0.29) is 17.1 Å². The number of carbonyl (C=O) groups is 2. The molecule has 0 aromatic heterocycles. The molecule has 0 fully saturated rings. The molecule has 0 saturated heterocycles. The number of ether oxygens (including phenoxy) is 1. The summed E-state index contributed by atoms with van der Waals surface area (Å²) >= 11 is 11.4. The van der Waals surface area contributed by atoms with Gasteiger partial charge in [0.1, 0.15) is 5.75 Å². The van der Waals surface area contributed by atoms with Crippen molar-refractivity contribution in [2.24, 2.45) is 0 Å². The van der Waals surface area contributed by atoms with Crippen molar-refractivity contribution >= 4 is 46.4 Å². The summed E-state index contributed by atoms with van der Waals surface area (Å²) in [5.41, 5.74) is -3.01. The molecular formula is C17H11Cl2F3N2O3. The van der Waals surface area contributed by atoms with Crippen LogP contribution in [-0.4, -0.2) is 17.4 Å². The van der Waals surface area contributed by atoms with Crippen LogP contribution in [-0.2, 0) is 15.8 Å². The molecule has 1 heterocycles. The van der Waals surface area contributed by atoms with E-state index in [1.165, 1.54) is 31.2 Å². The van der Waals surface area contributed by atoms with Crippen LogP contribution in [0.3, 0.4) is 0 Å². The van der Waals surface area contributed by atoms with Crippen molar-refractivity contribution in [2.75, 3.05) is 10.6 Å². The number of alkyl halides is 3. The summed E-state index contributed by atoms with van der Waals surface area (Å²) in [4.78, 5) is 24.9. The summed E-state index contributed by atoms with van der Waals surface area (Å²) in [6.45, 7) is 1.20. The van der Waals surface area contributed by atoms with Gasteiger partial charge >= 0.3 is 6.18 Å². The summed E-state index contributed by atoms with van der Waals surface area (Å²) in [5, 5.41) is 4.59. The molecule has 2 aromatic rings. The van der Waals surface area contributed by atoms with E-state index >= 15 is 0 Å². The number of halogens is 5. The molecule has 0 aliphatic carbocycles. The van der Waals surface area contributed by atoms with Crippen molar-refractivity contribution in [1.82, 2.24) is 0 Å². The first-order chi connectivity index (χ1) is 12.5. The third-order valence-corrected chi connectivity index (χ3v) is 4.46. The van der Waals surface area contributed by atoms with Gasteiger partial charge in [-0.05, 0) is 43.3 Å². The molecule has 1 unspecified atom stereocenters. The second-order valence-corrected chi connectivity index (χ2v) is 6.72. The van der Waals surface area contributed by atoms with Crippen LogP contribution in [0, 0.1) is 0 Å². The molecule has 0 bridgehead atoms. The number of anilines is 2. The zero-order chi connectivity index (χ0) is 20.0. The predicted octanol–water partition coefficient (Wildman–Crippen LogP) is 4.74. The molecule has 2 N–H and O–H groups in total. The van der Waals surface area contributed by atoms with Crippen LogP contribution in [0.4, 0.5) is 24.5 Å². The molecule has 27 heavy (non-hydrogen) atoms. The number of benzene rings is 2. The zero-order valence-electron chi connectivity index (χ0n) is 13.6. The quantitative estimate of drug-likeness (QED) is 0.692. The van der Waals surface area contributed by atoms with Gasteiger partial charge in [0.15, 0.2) is 0 Å². The first kappa shape index (κ1) is 19.3. The lowest BCUT2D eigenvalue weighted by Gasteiger charge is -2.33.